The number of carbonyl (C=O) groups is 3. The third-order valence-corrected chi connectivity index (χ3v) is 8.06. The van der Waals surface area contributed by atoms with E-state index in [0.717, 1.165) is 40.8 Å². The Morgan fingerprint density at radius 1 is 1.07 bits per heavy atom. The fourth-order valence-corrected chi connectivity index (χ4v) is 6.04. The minimum atomic E-state index is -0.962. The SMILES string of the molecule is CC1=C(C)C[C@@H](C(=O)O)[C@@H](C(=O)Nc2sc3c(c2C(N)=O)CC[C@H](C(C)(C)C)C3)C1. The number of aliphatic carboxylic acids is 1. The van der Waals surface area contributed by atoms with E-state index in [2.05, 4.69) is 26.1 Å². The van der Waals surface area contributed by atoms with E-state index >= 15 is 0 Å². The van der Waals surface area contributed by atoms with Gasteiger partial charge in [-0.2, -0.15) is 0 Å². The van der Waals surface area contributed by atoms with Gasteiger partial charge in [0.05, 0.1) is 17.4 Å². The average molecular weight is 433 g/mol. The zero-order chi connectivity index (χ0) is 22.4. The molecule has 0 fully saturated rings. The lowest BCUT2D eigenvalue weighted by atomic mass is 9.72. The number of carbonyl (C=O) groups excluding carboxylic acids is 2. The number of hydrogen-bond acceptors (Lipinski definition) is 4. The summed E-state index contributed by atoms with van der Waals surface area (Å²) in [5.74, 6) is -2.77. The highest BCUT2D eigenvalue weighted by Crippen LogP contribution is 2.44. The van der Waals surface area contributed by atoms with Gasteiger partial charge in [-0.05, 0) is 62.8 Å². The summed E-state index contributed by atoms with van der Waals surface area (Å²) < 4.78 is 0. The number of amides is 2. The first-order valence-corrected chi connectivity index (χ1v) is 11.3. The molecular formula is C23H32N2O4S. The zero-order valence-electron chi connectivity index (χ0n) is 18.4. The van der Waals surface area contributed by atoms with E-state index in [9.17, 15) is 19.5 Å². The predicted octanol–water partition coefficient (Wildman–Crippen LogP) is 4.38. The molecule has 0 bridgehead atoms. The molecule has 0 aliphatic heterocycles. The summed E-state index contributed by atoms with van der Waals surface area (Å²) in [6.07, 6.45) is 3.40. The maximum absolute atomic E-state index is 13.1. The Balaban J connectivity index is 1.90. The summed E-state index contributed by atoms with van der Waals surface area (Å²) in [6.45, 7) is 10.5. The fraction of sp³-hybridized carbons (Fsp3) is 0.609. The molecule has 0 aromatic carbocycles. The molecule has 1 aromatic rings. The molecular weight excluding hydrogens is 400 g/mol. The largest absolute Gasteiger partial charge is 0.481 e. The highest BCUT2D eigenvalue weighted by Gasteiger charge is 2.39. The first-order valence-electron chi connectivity index (χ1n) is 10.5. The van der Waals surface area contributed by atoms with Crippen molar-refractivity contribution in [3.05, 3.63) is 27.2 Å². The topological polar surface area (TPSA) is 109 Å². The molecule has 0 spiro atoms. The van der Waals surface area contributed by atoms with E-state index in [1.54, 1.807) is 0 Å². The van der Waals surface area contributed by atoms with Crippen LogP contribution in [0.4, 0.5) is 5.00 Å². The summed E-state index contributed by atoms with van der Waals surface area (Å²) >= 11 is 1.42. The molecule has 2 aliphatic carbocycles. The average Bonchev–Trinajstić information content (AvgIpc) is 2.99. The molecule has 3 rings (SSSR count). The van der Waals surface area contributed by atoms with Gasteiger partial charge >= 0.3 is 5.97 Å². The second-order valence-electron chi connectivity index (χ2n) is 9.89. The minimum absolute atomic E-state index is 0.163. The third kappa shape index (κ3) is 4.31. The van der Waals surface area contributed by atoms with E-state index in [1.165, 1.54) is 11.3 Å². The van der Waals surface area contributed by atoms with Crippen molar-refractivity contribution in [3.8, 4) is 0 Å². The van der Waals surface area contributed by atoms with Crippen molar-refractivity contribution >= 4 is 34.1 Å². The van der Waals surface area contributed by atoms with Crippen LogP contribution in [0.3, 0.4) is 0 Å². The molecule has 0 unspecified atom stereocenters. The number of hydrogen-bond donors (Lipinski definition) is 3. The Labute approximate surface area is 181 Å². The number of nitrogens with two attached hydrogens (primary N) is 1. The zero-order valence-corrected chi connectivity index (χ0v) is 19.2. The van der Waals surface area contributed by atoms with Crippen LogP contribution in [-0.4, -0.2) is 22.9 Å². The quantitative estimate of drug-likeness (QED) is 0.613. The van der Waals surface area contributed by atoms with Crippen molar-refractivity contribution in [1.82, 2.24) is 0 Å². The Kier molecular flexibility index (Phi) is 6.14. The number of rotatable bonds is 4. The molecule has 2 amide bonds. The first kappa shape index (κ1) is 22.5. The van der Waals surface area contributed by atoms with Crippen LogP contribution in [0.25, 0.3) is 0 Å². The van der Waals surface area contributed by atoms with E-state index in [1.807, 2.05) is 13.8 Å². The van der Waals surface area contributed by atoms with Crippen molar-refractivity contribution in [2.45, 2.75) is 66.7 Å². The maximum atomic E-state index is 13.1. The van der Waals surface area contributed by atoms with Gasteiger partial charge in [0.2, 0.25) is 5.91 Å². The number of allylic oxidation sites excluding steroid dienone is 2. The summed E-state index contributed by atoms with van der Waals surface area (Å²) in [5, 5.41) is 13.0. The summed E-state index contributed by atoms with van der Waals surface area (Å²) in [4.78, 5) is 38.2. The van der Waals surface area contributed by atoms with Crippen molar-refractivity contribution in [1.29, 1.82) is 0 Å². The van der Waals surface area contributed by atoms with Gasteiger partial charge in [0, 0.05) is 4.88 Å². The summed E-state index contributed by atoms with van der Waals surface area (Å²) in [5.41, 5.74) is 9.30. The lowest BCUT2D eigenvalue weighted by molar-refractivity contribution is -0.146. The standard InChI is InChI=1S/C23H32N2O4S/c1-11-8-15(16(22(28)29)9-12(11)2)20(27)25-21-18(19(24)26)14-7-6-13(23(3,4)5)10-17(14)30-21/h13,15-16H,6-10H2,1-5H3,(H2,24,26)(H,25,27)(H,28,29)/t13-,15-,16+/m0/s1. The van der Waals surface area contributed by atoms with E-state index < -0.39 is 23.7 Å². The lowest BCUT2D eigenvalue weighted by Crippen LogP contribution is -2.36. The van der Waals surface area contributed by atoms with Gasteiger partial charge in [0.1, 0.15) is 5.00 Å². The lowest BCUT2D eigenvalue weighted by Gasteiger charge is -2.33. The first-order chi connectivity index (χ1) is 13.9. The van der Waals surface area contributed by atoms with Crippen LogP contribution in [0.15, 0.2) is 11.1 Å². The molecule has 6 nitrogen and oxygen atoms in total. The maximum Gasteiger partial charge on any atom is 0.307 e. The molecule has 4 N–H and O–H groups in total. The summed E-state index contributed by atoms with van der Waals surface area (Å²) in [7, 11) is 0. The van der Waals surface area contributed by atoms with Crippen molar-refractivity contribution in [2.75, 3.05) is 5.32 Å². The molecule has 0 saturated carbocycles. The molecule has 7 heteroatoms. The molecule has 0 radical (unpaired) electrons. The number of anilines is 1. The van der Waals surface area contributed by atoms with Crippen molar-refractivity contribution < 1.29 is 19.5 Å². The Morgan fingerprint density at radius 3 is 2.20 bits per heavy atom. The number of primary amides is 1. The van der Waals surface area contributed by atoms with Gasteiger partial charge in [-0.25, -0.2) is 0 Å². The van der Waals surface area contributed by atoms with Crippen molar-refractivity contribution in [2.24, 2.45) is 28.9 Å². The molecule has 3 atom stereocenters. The minimum Gasteiger partial charge on any atom is -0.481 e. The predicted molar refractivity (Wildman–Crippen MR) is 119 cm³/mol. The van der Waals surface area contributed by atoms with Gasteiger partial charge in [0.15, 0.2) is 0 Å². The van der Waals surface area contributed by atoms with Gasteiger partial charge in [-0.1, -0.05) is 31.9 Å². The molecule has 1 heterocycles. The van der Waals surface area contributed by atoms with Gasteiger partial charge in [0.25, 0.3) is 5.91 Å². The van der Waals surface area contributed by atoms with E-state index in [-0.39, 0.29) is 11.3 Å². The van der Waals surface area contributed by atoms with Gasteiger partial charge < -0.3 is 16.2 Å². The van der Waals surface area contributed by atoms with E-state index in [0.29, 0.717) is 29.3 Å². The summed E-state index contributed by atoms with van der Waals surface area (Å²) in [6, 6.07) is 0. The molecule has 30 heavy (non-hydrogen) atoms. The smallest absolute Gasteiger partial charge is 0.307 e. The Bertz CT molecular complexity index is 922. The monoisotopic (exact) mass is 432 g/mol. The van der Waals surface area contributed by atoms with Crippen LogP contribution in [0.2, 0.25) is 0 Å². The number of thiophene rings is 1. The molecule has 1 aromatic heterocycles. The van der Waals surface area contributed by atoms with Crippen molar-refractivity contribution in [3.63, 3.8) is 0 Å². The molecule has 164 valence electrons. The highest BCUT2D eigenvalue weighted by atomic mass is 32.1. The normalized spacial score (nSPS) is 24.4. The number of fused-ring (bicyclic) bond motifs is 1. The fourth-order valence-electron chi connectivity index (χ4n) is 4.71. The molecule has 0 saturated heterocycles. The Morgan fingerprint density at radius 2 is 1.67 bits per heavy atom. The second-order valence-corrected chi connectivity index (χ2v) is 11.0. The van der Waals surface area contributed by atoms with Crippen LogP contribution < -0.4 is 11.1 Å². The van der Waals surface area contributed by atoms with Crippen LogP contribution in [0.1, 0.15) is 74.7 Å². The van der Waals surface area contributed by atoms with Crippen LogP contribution in [0.5, 0.6) is 0 Å². The number of carboxylic acid groups (broad SMARTS) is 1. The van der Waals surface area contributed by atoms with Crippen LogP contribution >= 0.6 is 11.3 Å². The Hall–Kier alpha value is -2.15. The van der Waals surface area contributed by atoms with Crippen LogP contribution in [0, 0.1) is 23.2 Å². The van der Waals surface area contributed by atoms with Gasteiger partial charge in [-0.15, -0.1) is 11.3 Å². The number of nitrogens with one attached hydrogen (secondary N) is 1. The second kappa shape index (κ2) is 8.17. The number of carboxylic acids is 1. The molecule has 2 aliphatic rings. The van der Waals surface area contributed by atoms with Gasteiger partial charge in [-0.3, -0.25) is 14.4 Å². The highest BCUT2D eigenvalue weighted by molar-refractivity contribution is 7.17. The van der Waals surface area contributed by atoms with Crippen LogP contribution in [-0.2, 0) is 22.4 Å². The third-order valence-electron chi connectivity index (χ3n) is 6.89. The van der Waals surface area contributed by atoms with E-state index in [4.69, 9.17) is 5.73 Å².